The average Bonchev–Trinajstić information content (AvgIpc) is 2.99. The highest BCUT2D eigenvalue weighted by atomic mass is 32.2. The van der Waals surface area contributed by atoms with Crippen molar-refractivity contribution in [3.63, 3.8) is 0 Å². The minimum Gasteiger partial charge on any atom is -0.358 e. The molecule has 3 rings (SSSR count). The van der Waals surface area contributed by atoms with Crippen LogP contribution < -0.4 is 0 Å². The van der Waals surface area contributed by atoms with Crippen LogP contribution in [0.25, 0.3) is 10.9 Å². The van der Waals surface area contributed by atoms with E-state index in [2.05, 4.69) is 55.2 Å². The minimum atomic E-state index is 1.25. The van der Waals surface area contributed by atoms with E-state index < -0.39 is 0 Å². The van der Waals surface area contributed by atoms with Crippen LogP contribution in [0, 0.1) is 13.8 Å². The van der Waals surface area contributed by atoms with Crippen LogP contribution in [0.3, 0.4) is 0 Å². The summed E-state index contributed by atoms with van der Waals surface area (Å²) in [7, 11) is 2.17. The molecule has 2 heterocycles. The summed E-state index contributed by atoms with van der Waals surface area (Å²) in [4.78, 5) is 7.11. The van der Waals surface area contributed by atoms with Crippen LogP contribution in [0.4, 0.5) is 0 Å². The first-order valence-electron chi connectivity index (χ1n) is 6.94. The normalized spacial score (nSPS) is 15.6. The SMILES string of the molecule is CN1CCCC1.CSc1cccc2[nH]c(C)c(C)c12. The van der Waals surface area contributed by atoms with Gasteiger partial charge in [-0.05, 0) is 70.8 Å². The number of thioether (sulfide) groups is 1. The summed E-state index contributed by atoms with van der Waals surface area (Å²) in [5, 5.41) is 1.38. The van der Waals surface area contributed by atoms with E-state index >= 15 is 0 Å². The topological polar surface area (TPSA) is 19.0 Å². The van der Waals surface area contributed by atoms with E-state index in [1.807, 2.05) is 0 Å². The molecule has 1 saturated heterocycles. The molecule has 1 N–H and O–H groups in total. The van der Waals surface area contributed by atoms with Gasteiger partial charge in [-0.2, -0.15) is 0 Å². The van der Waals surface area contributed by atoms with Crippen molar-refractivity contribution >= 4 is 22.7 Å². The fraction of sp³-hybridized carbons (Fsp3) is 0.500. The van der Waals surface area contributed by atoms with E-state index in [1.54, 1.807) is 11.8 Å². The van der Waals surface area contributed by atoms with Gasteiger partial charge in [0, 0.05) is 21.5 Å². The fourth-order valence-electron chi connectivity index (χ4n) is 2.55. The minimum absolute atomic E-state index is 1.25. The monoisotopic (exact) mass is 276 g/mol. The van der Waals surface area contributed by atoms with Crippen LogP contribution in [-0.4, -0.2) is 36.3 Å². The third-order valence-electron chi connectivity index (χ3n) is 3.84. The highest BCUT2D eigenvalue weighted by molar-refractivity contribution is 7.98. The van der Waals surface area contributed by atoms with Gasteiger partial charge in [0.05, 0.1) is 0 Å². The summed E-state index contributed by atoms with van der Waals surface area (Å²) in [6.45, 7) is 6.94. The summed E-state index contributed by atoms with van der Waals surface area (Å²) < 4.78 is 0. The van der Waals surface area contributed by atoms with Crippen molar-refractivity contribution in [2.75, 3.05) is 26.4 Å². The molecule has 104 valence electrons. The van der Waals surface area contributed by atoms with E-state index in [1.165, 1.54) is 53.0 Å². The zero-order chi connectivity index (χ0) is 13.8. The highest BCUT2D eigenvalue weighted by Gasteiger charge is 2.07. The molecule has 19 heavy (non-hydrogen) atoms. The fourth-order valence-corrected chi connectivity index (χ4v) is 3.23. The van der Waals surface area contributed by atoms with Crippen LogP contribution in [0.1, 0.15) is 24.1 Å². The Labute approximate surface area is 120 Å². The van der Waals surface area contributed by atoms with Gasteiger partial charge in [0.1, 0.15) is 0 Å². The number of hydrogen-bond donors (Lipinski definition) is 1. The van der Waals surface area contributed by atoms with Gasteiger partial charge in [0.2, 0.25) is 0 Å². The zero-order valence-electron chi connectivity index (χ0n) is 12.4. The second-order valence-electron chi connectivity index (χ2n) is 5.27. The van der Waals surface area contributed by atoms with Gasteiger partial charge in [-0.15, -0.1) is 11.8 Å². The van der Waals surface area contributed by atoms with Crippen molar-refractivity contribution in [2.45, 2.75) is 31.6 Å². The maximum atomic E-state index is 3.39. The molecule has 1 aromatic carbocycles. The summed E-state index contributed by atoms with van der Waals surface area (Å²) in [5.41, 5.74) is 3.90. The molecule has 1 aliphatic heterocycles. The Morgan fingerprint density at radius 3 is 2.37 bits per heavy atom. The first-order chi connectivity index (χ1) is 9.13. The van der Waals surface area contributed by atoms with Gasteiger partial charge in [-0.3, -0.25) is 0 Å². The van der Waals surface area contributed by atoms with Crippen LogP contribution in [0.2, 0.25) is 0 Å². The summed E-state index contributed by atoms with van der Waals surface area (Å²) in [6.07, 6.45) is 4.95. The van der Waals surface area contributed by atoms with E-state index in [-0.39, 0.29) is 0 Å². The molecule has 1 fully saturated rings. The predicted octanol–water partition coefficient (Wildman–Crippen LogP) is 4.22. The number of hydrogen-bond acceptors (Lipinski definition) is 2. The van der Waals surface area contributed by atoms with Gasteiger partial charge in [-0.25, -0.2) is 0 Å². The van der Waals surface area contributed by atoms with E-state index in [0.717, 1.165) is 0 Å². The molecule has 3 heteroatoms. The van der Waals surface area contributed by atoms with Crippen LogP contribution >= 0.6 is 11.8 Å². The quantitative estimate of drug-likeness (QED) is 0.786. The van der Waals surface area contributed by atoms with Crippen molar-refractivity contribution in [1.82, 2.24) is 9.88 Å². The number of likely N-dealkylation sites (tertiary alicyclic amines) is 1. The molecule has 0 radical (unpaired) electrons. The summed E-state index contributed by atoms with van der Waals surface area (Å²) in [6, 6.07) is 6.41. The number of benzene rings is 1. The van der Waals surface area contributed by atoms with Crippen LogP contribution in [-0.2, 0) is 0 Å². The largest absolute Gasteiger partial charge is 0.358 e. The summed E-state index contributed by atoms with van der Waals surface area (Å²) in [5.74, 6) is 0. The predicted molar refractivity (Wildman–Crippen MR) is 86.3 cm³/mol. The molecular weight excluding hydrogens is 252 g/mol. The standard InChI is InChI=1S/C11H13NS.C5H11N/c1-7-8(2)12-9-5-4-6-10(13-3)11(7)9;1-6-4-2-3-5-6/h4-6,12H,1-3H3;2-5H2,1H3. The Bertz CT molecular complexity index is 539. The molecule has 0 spiro atoms. The van der Waals surface area contributed by atoms with Gasteiger partial charge in [0.15, 0.2) is 0 Å². The van der Waals surface area contributed by atoms with Crippen LogP contribution in [0.5, 0.6) is 0 Å². The smallest absolute Gasteiger partial charge is 0.0470 e. The number of nitrogens with one attached hydrogen (secondary N) is 1. The first-order valence-corrected chi connectivity index (χ1v) is 8.16. The van der Waals surface area contributed by atoms with Gasteiger partial charge in [0.25, 0.3) is 0 Å². The lowest BCUT2D eigenvalue weighted by Crippen LogP contribution is -2.10. The van der Waals surface area contributed by atoms with E-state index in [0.29, 0.717) is 0 Å². The lowest BCUT2D eigenvalue weighted by molar-refractivity contribution is 0.418. The summed E-state index contributed by atoms with van der Waals surface area (Å²) >= 11 is 1.81. The Balaban J connectivity index is 0.000000186. The number of nitrogens with zero attached hydrogens (tertiary/aromatic N) is 1. The molecule has 0 aliphatic carbocycles. The average molecular weight is 276 g/mol. The van der Waals surface area contributed by atoms with E-state index in [9.17, 15) is 0 Å². The molecule has 0 atom stereocenters. The van der Waals surface area contributed by atoms with Crippen molar-refractivity contribution in [3.8, 4) is 0 Å². The molecule has 0 unspecified atom stereocenters. The number of aryl methyl sites for hydroxylation is 2. The Morgan fingerprint density at radius 2 is 1.84 bits per heavy atom. The lowest BCUT2D eigenvalue weighted by Gasteiger charge is -2.01. The van der Waals surface area contributed by atoms with Crippen molar-refractivity contribution in [2.24, 2.45) is 0 Å². The molecular formula is C16H24N2S. The van der Waals surface area contributed by atoms with Crippen molar-refractivity contribution < 1.29 is 0 Å². The third-order valence-corrected chi connectivity index (χ3v) is 4.62. The van der Waals surface area contributed by atoms with Gasteiger partial charge in [-0.1, -0.05) is 6.07 Å². The highest BCUT2D eigenvalue weighted by Crippen LogP contribution is 2.30. The zero-order valence-corrected chi connectivity index (χ0v) is 13.2. The van der Waals surface area contributed by atoms with Crippen molar-refractivity contribution in [3.05, 3.63) is 29.5 Å². The maximum Gasteiger partial charge on any atom is 0.0470 e. The molecule has 2 aromatic rings. The number of aromatic nitrogens is 1. The molecule has 0 saturated carbocycles. The van der Waals surface area contributed by atoms with Crippen molar-refractivity contribution in [1.29, 1.82) is 0 Å². The van der Waals surface area contributed by atoms with Crippen LogP contribution in [0.15, 0.2) is 23.1 Å². The number of aromatic amines is 1. The number of H-pyrrole nitrogens is 1. The van der Waals surface area contributed by atoms with E-state index in [4.69, 9.17) is 0 Å². The molecule has 0 bridgehead atoms. The first kappa shape index (κ1) is 14.5. The second-order valence-corrected chi connectivity index (χ2v) is 6.12. The molecule has 1 aliphatic rings. The Kier molecular flexibility index (Phi) is 4.94. The third kappa shape index (κ3) is 3.34. The Morgan fingerprint density at radius 1 is 1.16 bits per heavy atom. The molecule has 0 amide bonds. The van der Waals surface area contributed by atoms with Gasteiger partial charge < -0.3 is 9.88 Å². The molecule has 1 aromatic heterocycles. The lowest BCUT2D eigenvalue weighted by atomic mass is 10.1. The molecule has 2 nitrogen and oxygen atoms in total. The second kappa shape index (κ2) is 6.49. The van der Waals surface area contributed by atoms with Gasteiger partial charge >= 0.3 is 0 Å². The Hall–Kier alpha value is -0.930. The number of rotatable bonds is 1. The maximum absolute atomic E-state index is 3.39. The number of fused-ring (bicyclic) bond motifs is 1.